The molecule has 1 atom stereocenters. The minimum Gasteiger partial charge on any atom is -0.396 e. The molecule has 1 saturated heterocycles. The van der Waals surface area contributed by atoms with Crippen molar-refractivity contribution in [2.75, 3.05) is 32.8 Å². The van der Waals surface area contributed by atoms with Gasteiger partial charge in [-0.25, -0.2) is 4.39 Å². The summed E-state index contributed by atoms with van der Waals surface area (Å²) in [5.74, 6) is -0.303. The van der Waals surface area contributed by atoms with Crippen molar-refractivity contribution in [2.24, 2.45) is 5.41 Å². The van der Waals surface area contributed by atoms with Crippen LogP contribution in [0, 0.1) is 11.2 Å². The highest BCUT2D eigenvalue weighted by Gasteiger charge is 2.37. The van der Waals surface area contributed by atoms with Gasteiger partial charge in [-0.3, -0.25) is 4.90 Å². The SMILES string of the molecule is CC(C)(CO)[C@@H](c1ccc(Cl)cc1F)N1CCNCC1. The molecule has 5 heteroatoms. The Balaban J connectivity index is 2.39. The molecule has 1 aliphatic rings. The smallest absolute Gasteiger partial charge is 0.129 e. The number of aliphatic hydroxyl groups excluding tert-OH is 1. The van der Waals surface area contributed by atoms with E-state index in [4.69, 9.17) is 11.6 Å². The number of nitrogens with one attached hydrogen (secondary N) is 1. The lowest BCUT2D eigenvalue weighted by molar-refractivity contribution is 0.0286. The normalized spacial score (nSPS) is 19.1. The van der Waals surface area contributed by atoms with E-state index in [1.807, 2.05) is 13.8 Å². The summed E-state index contributed by atoms with van der Waals surface area (Å²) in [6, 6.07) is 4.64. The van der Waals surface area contributed by atoms with Gasteiger partial charge in [0.25, 0.3) is 0 Å². The Kier molecular flexibility index (Phi) is 5.02. The van der Waals surface area contributed by atoms with Crippen LogP contribution in [-0.2, 0) is 0 Å². The Morgan fingerprint density at radius 1 is 1.40 bits per heavy atom. The van der Waals surface area contributed by atoms with E-state index in [9.17, 15) is 9.50 Å². The van der Waals surface area contributed by atoms with Crippen LogP contribution in [0.5, 0.6) is 0 Å². The average molecular weight is 301 g/mol. The third kappa shape index (κ3) is 3.31. The Morgan fingerprint density at radius 3 is 2.60 bits per heavy atom. The van der Waals surface area contributed by atoms with Crippen molar-refractivity contribution < 1.29 is 9.50 Å². The van der Waals surface area contributed by atoms with Gasteiger partial charge in [0.1, 0.15) is 5.82 Å². The summed E-state index contributed by atoms with van der Waals surface area (Å²) in [4.78, 5) is 2.24. The van der Waals surface area contributed by atoms with Gasteiger partial charge in [0.15, 0.2) is 0 Å². The van der Waals surface area contributed by atoms with Crippen molar-refractivity contribution in [2.45, 2.75) is 19.9 Å². The van der Waals surface area contributed by atoms with Gasteiger partial charge < -0.3 is 10.4 Å². The number of rotatable bonds is 4. The average Bonchev–Trinajstić information content (AvgIpc) is 2.43. The monoisotopic (exact) mass is 300 g/mol. The number of aliphatic hydroxyl groups is 1. The van der Waals surface area contributed by atoms with E-state index in [1.165, 1.54) is 6.07 Å². The molecular formula is C15H22ClFN2O. The summed E-state index contributed by atoms with van der Waals surface area (Å²) >= 11 is 5.84. The van der Waals surface area contributed by atoms with Crippen molar-refractivity contribution in [3.05, 3.63) is 34.6 Å². The van der Waals surface area contributed by atoms with Crippen LogP contribution in [0.3, 0.4) is 0 Å². The predicted octanol–water partition coefficient (Wildman–Crippen LogP) is 2.44. The van der Waals surface area contributed by atoms with Crippen molar-refractivity contribution in [3.8, 4) is 0 Å². The van der Waals surface area contributed by atoms with E-state index in [1.54, 1.807) is 12.1 Å². The highest BCUT2D eigenvalue weighted by molar-refractivity contribution is 6.30. The molecule has 0 unspecified atom stereocenters. The molecule has 112 valence electrons. The maximum Gasteiger partial charge on any atom is 0.129 e. The topological polar surface area (TPSA) is 35.5 Å². The van der Waals surface area contributed by atoms with Gasteiger partial charge in [-0.15, -0.1) is 0 Å². The summed E-state index contributed by atoms with van der Waals surface area (Å²) < 4.78 is 14.3. The minimum absolute atomic E-state index is 0.00363. The van der Waals surface area contributed by atoms with Gasteiger partial charge in [0.2, 0.25) is 0 Å². The summed E-state index contributed by atoms with van der Waals surface area (Å²) in [5.41, 5.74) is 0.182. The van der Waals surface area contributed by atoms with Gasteiger partial charge >= 0.3 is 0 Å². The maximum atomic E-state index is 14.3. The van der Waals surface area contributed by atoms with Crippen molar-refractivity contribution in [3.63, 3.8) is 0 Å². The highest BCUT2D eigenvalue weighted by Crippen LogP contribution is 2.39. The molecule has 0 saturated carbocycles. The number of benzene rings is 1. The zero-order chi connectivity index (χ0) is 14.8. The molecule has 1 aliphatic heterocycles. The van der Waals surface area contributed by atoms with E-state index >= 15 is 0 Å². The summed E-state index contributed by atoms with van der Waals surface area (Å²) in [6.45, 7) is 7.39. The molecule has 3 nitrogen and oxygen atoms in total. The maximum absolute atomic E-state index is 14.3. The van der Waals surface area contributed by atoms with Crippen molar-refractivity contribution in [1.29, 1.82) is 0 Å². The molecular weight excluding hydrogens is 279 g/mol. The lowest BCUT2D eigenvalue weighted by Gasteiger charge is -2.43. The number of hydrogen-bond acceptors (Lipinski definition) is 3. The molecule has 1 aromatic carbocycles. The quantitative estimate of drug-likeness (QED) is 0.896. The molecule has 0 spiro atoms. The summed E-state index contributed by atoms with van der Waals surface area (Å²) in [5, 5.41) is 13.4. The molecule has 1 aromatic rings. The second-order valence-corrected chi connectivity index (χ2v) is 6.44. The summed E-state index contributed by atoms with van der Waals surface area (Å²) in [6.07, 6.45) is 0. The second-order valence-electron chi connectivity index (χ2n) is 6.00. The first kappa shape index (κ1) is 15.7. The molecule has 0 radical (unpaired) electrons. The zero-order valence-corrected chi connectivity index (χ0v) is 12.8. The highest BCUT2D eigenvalue weighted by atomic mass is 35.5. The summed E-state index contributed by atoms with van der Waals surface area (Å²) in [7, 11) is 0. The van der Waals surface area contributed by atoms with Crippen LogP contribution in [0.25, 0.3) is 0 Å². The number of halogens is 2. The van der Waals surface area contributed by atoms with Crippen LogP contribution in [0.15, 0.2) is 18.2 Å². The fraction of sp³-hybridized carbons (Fsp3) is 0.600. The first-order chi connectivity index (χ1) is 9.45. The van der Waals surface area contributed by atoms with Crippen LogP contribution in [0.4, 0.5) is 4.39 Å². The van der Waals surface area contributed by atoms with Gasteiger partial charge in [0, 0.05) is 54.8 Å². The molecule has 1 heterocycles. The van der Waals surface area contributed by atoms with Crippen LogP contribution in [-0.4, -0.2) is 42.8 Å². The van der Waals surface area contributed by atoms with Crippen molar-refractivity contribution in [1.82, 2.24) is 10.2 Å². The first-order valence-electron chi connectivity index (χ1n) is 6.96. The Labute approximate surface area is 124 Å². The van der Waals surface area contributed by atoms with Gasteiger partial charge in [0.05, 0.1) is 0 Å². The molecule has 1 fully saturated rings. The van der Waals surface area contributed by atoms with E-state index in [0.717, 1.165) is 26.2 Å². The van der Waals surface area contributed by atoms with E-state index in [0.29, 0.717) is 10.6 Å². The first-order valence-corrected chi connectivity index (χ1v) is 7.34. The Bertz CT molecular complexity index is 461. The van der Waals surface area contributed by atoms with Crippen LogP contribution >= 0.6 is 11.6 Å². The van der Waals surface area contributed by atoms with Crippen molar-refractivity contribution >= 4 is 11.6 Å². The van der Waals surface area contributed by atoms with E-state index < -0.39 is 5.41 Å². The lowest BCUT2D eigenvalue weighted by Crippen LogP contribution is -2.49. The third-order valence-corrected chi connectivity index (χ3v) is 4.16. The molecule has 20 heavy (non-hydrogen) atoms. The fourth-order valence-corrected chi connectivity index (χ4v) is 3.02. The second kappa shape index (κ2) is 6.39. The van der Waals surface area contributed by atoms with Crippen LogP contribution < -0.4 is 5.32 Å². The lowest BCUT2D eigenvalue weighted by atomic mass is 9.79. The molecule has 0 aromatic heterocycles. The molecule has 0 amide bonds. The largest absolute Gasteiger partial charge is 0.396 e. The van der Waals surface area contributed by atoms with Gasteiger partial charge in [-0.2, -0.15) is 0 Å². The number of nitrogens with zero attached hydrogens (tertiary/aromatic N) is 1. The molecule has 2 N–H and O–H groups in total. The predicted molar refractivity (Wildman–Crippen MR) is 79.5 cm³/mol. The van der Waals surface area contributed by atoms with Crippen LogP contribution in [0.1, 0.15) is 25.5 Å². The third-order valence-electron chi connectivity index (χ3n) is 3.92. The molecule has 0 aliphatic carbocycles. The standard InChI is InChI=1S/C15H22ClFN2O/c1-15(2,10-20)14(19-7-5-18-6-8-19)12-4-3-11(16)9-13(12)17/h3-4,9,14,18,20H,5-8,10H2,1-2H3/t14-/m1/s1. The Morgan fingerprint density at radius 2 is 2.05 bits per heavy atom. The van der Waals surface area contributed by atoms with E-state index in [2.05, 4.69) is 10.2 Å². The number of piperazine rings is 1. The minimum atomic E-state index is -0.425. The zero-order valence-electron chi connectivity index (χ0n) is 12.0. The fourth-order valence-electron chi connectivity index (χ4n) is 2.86. The van der Waals surface area contributed by atoms with Crippen LogP contribution in [0.2, 0.25) is 5.02 Å². The number of hydrogen-bond donors (Lipinski definition) is 2. The van der Waals surface area contributed by atoms with Gasteiger partial charge in [-0.1, -0.05) is 31.5 Å². The Hall–Kier alpha value is -0.680. The van der Waals surface area contributed by atoms with E-state index in [-0.39, 0.29) is 18.5 Å². The molecule has 2 rings (SSSR count). The molecule has 0 bridgehead atoms. The van der Waals surface area contributed by atoms with Gasteiger partial charge in [-0.05, 0) is 12.1 Å².